The van der Waals surface area contributed by atoms with Crippen molar-refractivity contribution in [2.45, 2.75) is 24.7 Å². The monoisotopic (exact) mass is 399 g/mol. The van der Waals surface area contributed by atoms with Crippen molar-refractivity contribution in [3.8, 4) is 11.5 Å². The molecule has 2 aromatic carbocycles. The predicted octanol–water partition coefficient (Wildman–Crippen LogP) is 3.46. The van der Waals surface area contributed by atoms with Gasteiger partial charge in [-0.3, -0.25) is 4.99 Å². The summed E-state index contributed by atoms with van der Waals surface area (Å²) in [7, 11) is 0. The fourth-order valence-corrected chi connectivity index (χ4v) is 3.78. The Labute approximate surface area is 169 Å². The number of nitrogens with zero attached hydrogens (tertiary/aromatic N) is 1. The van der Waals surface area contributed by atoms with Gasteiger partial charge in [0.2, 0.25) is 0 Å². The fourth-order valence-electron chi connectivity index (χ4n) is 3.78. The Bertz CT molecular complexity index is 881. The molecular weight excluding hydrogens is 373 g/mol. The van der Waals surface area contributed by atoms with Gasteiger partial charge in [-0.1, -0.05) is 12.1 Å². The van der Waals surface area contributed by atoms with Gasteiger partial charge in [0.05, 0.1) is 19.8 Å². The molecule has 29 heavy (non-hydrogen) atoms. The van der Waals surface area contributed by atoms with Crippen LogP contribution in [0.5, 0.6) is 11.5 Å². The average Bonchev–Trinajstić information content (AvgIpc) is 2.98. The minimum Gasteiger partial charge on any atom is -0.490 e. The van der Waals surface area contributed by atoms with Gasteiger partial charge in [0, 0.05) is 36.8 Å². The molecule has 0 saturated carbocycles. The lowest BCUT2D eigenvalue weighted by molar-refractivity contribution is 0.0530. The molecule has 0 bridgehead atoms. The topological polar surface area (TPSA) is 78.1 Å². The number of nitrogens with one attached hydrogen (secondary N) is 1. The van der Waals surface area contributed by atoms with E-state index in [1.165, 1.54) is 6.07 Å². The molecule has 154 valence electrons. The zero-order valence-corrected chi connectivity index (χ0v) is 16.3. The Morgan fingerprint density at radius 3 is 2.62 bits per heavy atom. The molecule has 0 atom stereocenters. The van der Waals surface area contributed by atoms with Crippen LogP contribution in [0.2, 0.25) is 0 Å². The smallest absolute Gasteiger partial charge is 0.193 e. The molecule has 2 aliphatic heterocycles. The van der Waals surface area contributed by atoms with Gasteiger partial charge in [-0.25, -0.2) is 4.39 Å². The lowest BCUT2D eigenvalue weighted by Gasteiger charge is -2.36. The Kier molecular flexibility index (Phi) is 5.85. The highest BCUT2D eigenvalue weighted by Gasteiger charge is 2.34. The van der Waals surface area contributed by atoms with Gasteiger partial charge in [-0.15, -0.1) is 0 Å². The van der Waals surface area contributed by atoms with Crippen LogP contribution in [-0.2, 0) is 10.2 Å². The predicted molar refractivity (Wildman–Crippen MR) is 110 cm³/mol. The van der Waals surface area contributed by atoms with Gasteiger partial charge in [-0.2, -0.15) is 0 Å². The van der Waals surface area contributed by atoms with Crippen molar-refractivity contribution >= 4 is 11.6 Å². The van der Waals surface area contributed by atoms with Crippen LogP contribution < -0.4 is 20.5 Å². The molecule has 2 aromatic rings. The maximum absolute atomic E-state index is 13.8. The van der Waals surface area contributed by atoms with Crippen molar-refractivity contribution in [3.05, 3.63) is 53.8 Å². The third-order valence-electron chi connectivity index (χ3n) is 5.46. The summed E-state index contributed by atoms with van der Waals surface area (Å²) in [6.07, 6.45) is 2.40. The van der Waals surface area contributed by atoms with E-state index in [-0.39, 0.29) is 11.2 Å². The first-order valence-electron chi connectivity index (χ1n) is 9.95. The van der Waals surface area contributed by atoms with Crippen LogP contribution in [-0.4, -0.2) is 38.9 Å². The first-order valence-corrected chi connectivity index (χ1v) is 9.95. The summed E-state index contributed by atoms with van der Waals surface area (Å²) < 4.78 is 30.7. The molecule has 6 nitrogen and oxygen atoms in total. The second-order valence-electron chi connectivity index (χ2n) is 7.44. The van der Waals surface area contributed by atoms with Crippen molar-refractivity contribution in [3.63, 3.8) is 0 Å². The second-order valence-corrected chi connectivity index (χ2v) is 7.44. The van der Waals surface area contributed by atoms with Crippen molar-refractivity contribution < 1.29 is 18.6 Å². The SMILES string of the molecule is NC(=NCC1(c2cccc(F)c2)CCOCC1)Nc1ccc2c(c1)OCCCO2. The van der Waals surface area contributed by atoms with E-state index in [1.807, 2.05) is 24.3 Å². The van der Waals surface area contributed by atoms with Crippen LogP contribution in [0.4, 0.5) is 10.1 Å². The Morgan fingerprint density at radius 2 is 1.83 bits per heavy atom. The minimum atomic E-state index is -0.280. The summed E-state index contributed by atoms with van der Waals surface area (Å²) in [6, 6.07) is 12.4. The Morgan fingerprint density at radius 1 is 1.03 bits per heavy atom. The van der Waals surface area contributed by atoms with Crippen LogP contribution >= 0.6 is 0 Å². The Balaban J connectivity index is 1.50. The van der Waals surface area contributed by atoms with Gasteiger partial charge >= 0.3 is 0 Å². The number of benzene rings is 2. The maximum atomic E-state index is 13.8. The van der Waals surface area contributed by atoms with E-state index >= 15 is 0 Å². The van der Waals surface area contributed by atoms with Crippen LogP contribution in [0.25, 0.3) is 0 Å². The largest absolute Gasteiger partial charge is 0.490 e. The van der Waals surface area contributed by atoms with E-state index in [9.17, 15) is 4.39 Å². The van der Waals surface area contributed by atoms with Crippen LogP contribution in [0, 0.1) is 5.82 Å². The molecule has 2 heterocycles. The molecule has 0 spiro atoms. The Hall–Kier alpha value is -2.80. The molecule has 0 unspecified atom stereocenters. The number of aliphatic imine (C=N–C) groups is 1. The molecule has 0 aliphatic carbocycles. The number of nitrogens with two attached hydrogens (primary N) is 1. The lowest BCUT2D eigenvalue weighted by atomic mass is 9.74. The summed E-state index contributed by atoms with van der Waals surface area (Å²) in [5.41, 5.74) is 7.60. The number of fused-ring (bicyclic) bond motifs is 1. The first kappa shape index (κ1) is 19.5. The van der Waals surface area contributed by atoms with Crippen LogP contribution in [0.1, 0.15) is 24.8 Å². The van der Waals surface area contributed by atoms with E-state index in [2.05, 4.69) is 10.3 Å². The lowest BCUT2D eigenvalue weighted by Crippen LogP contribution is -2.38. The molecular formula is C22H26FN3O3. The number of hydrogen-bond acceptors (Lipinski definition) is 4. The third kappa shape index (κ3) is 4.62. The van der Waals surface area contributed by atoms with Crippen molar-refractivity contribution in [1.82, 2.24) is 0 Å². The molecule has 2 aliphatic rings. The van der Waals surface area contributed by atoms with E-state index in [0.717, 1.165) is 36.3 Å². The molecule has 0 radical (unpaired) electrons. The van der Waals surface area contributed by atoms with Crippen LogP contribution in [0.15, 0.2) is 47.5 Å². The fraction of sp³-hybridized carbons (Fsp3) is 0.409. The maximum Gasteiger partial charge on any atom is 0.193 e. The summed E-state index contributed by atoms with van der Waals surface area (Å²) in [6.45, 7) is 2.99. The molecule has 4 rings (SSSR count). The minimum absolute atomic E-state index is 0.240. The van der Waals surface area contributed by atoms with Crippen LogP contribution in [0.3, 0.4) is 0 Å². The number of ether oxygens (including phenoxy) is 3. The van der Waals surface area contributed by atoms with Gasteiger partial charge in [0.15, 0.2) is 17.5 Å². The van der Waals surface area contributed by atoms with E-state index in [1.54, 1.807) is 12.1 Å². The highest BCUT2D eigenvalue weighted by molar-refractivity contribution is 5.92. The molecule has 1 saturated heterocycles. The highest BCUT2D eigenvalue weighted by Crippen LogP contribution is 2.36. The molecule has 1 fully saturated rings. The number of rotatable bonds is 4. The molecule has 0 amide bonds. The van der Waals surface area contributed by atoms with Crippen molar-refractivity contribution in [2.75, 3.05) is 38.3 Å². The normalized spacial score (nSPS) is 18.7. The van der Waals surface area contributed by atoms with Gasteiger partial charge in [-0.05, 0) is 42.7 Å². The van der Waals surface area contributed by atoms with E-state index in [0.29, 0.717) is 44.7 Å². The third-order valence-corrected chi connectivity index (χ3v) is 5.46. The van der Waals surface area contributed by atoms with Gasteiger partial charge < -0.3 is 25.3 Å². The number of guanidine groups is 1. The standard InChI is InChI=1S/C22H26FN3O3/c23-17-4-1-3-16(13-17)22(7-11-27-12-8-22)15-25-21(24)26-18-5-6-19-20(14-18)29-10-2-9-28-19/h1,3-6,13-14H,2,7-12,15H2,(H3,24,25,26). The zero-order chi connectivity index (χ0) is 20.1. The molecule has 7 heteroatoms. The summed E-state index contributed by atoms with van der Waals surface area (Å²) in [4.78, 5) is 4.59. The summed E-state index contributed by atoms with van der Waals surface area (Å²) in [5.74, 6) is 1.49. The highest BCUT2D eigenvalue weighted by atomic mass is 19.1. The molecule has 0 aromatic heterocycles. The number of hydrogen-bond donors (Lipinski definition) is 2. The average molecular weight is 399 g/mol. The first-order chi connectivity index (χ1) is 14.1. The molecule has 3 N–H and O–H groups in total. The summed E-state index contributed by atoms with van der Waals surface area (Å²) in [5, 5.41) is 3.12. The van der Waals surface area contributed by atoms with Gasteiger partial charge in [0.25, 0.3) is 0 Å². The van der Waals surface area contributed by atoms with Gasteiger partial charge in [0.1, 0.15) is 5.82 Å². The number of anilines is 1. The zero-order valence-electron chi connectivity index (χ0n) is 16.3. The van der Waals surface area contributed by atoms with E-state index < -0.39 is 0 Å². The van der Waals surface area contributed by atoms with Crippen molar-refractivity contribution in [2.24, 2.45) is 10.7 Å². The second kappa shape index (κ2) is 8.69. The quantitative estimate of drug-likeness (QED) is 0.608. The summed E-state index contributed by atoms with van der Waals surface area (Å²) >= 11 is 0. The van der Waals surface area contributed by atoms with Crippen molar-refractivity contribution in [1.29, 1.82) is 0 Å². The number of halogens is 1. The van der Waals surface area contributed by atoms with E-state index in [4.69, 9.17) is 19.9 Å².